The van der Waals surface area contributed by atoms with Crippen LogP contribution >= 0.6 is 27.5 Å². The summed E-state index contributed by atoms with van der Waals surface area (Å²) in [4.78, 5) is 0. The molecule has 0 radical (unpaired) electrons. The summed E-state index contributed by atoms with van der Waals surface area (Å²) < 4.78 is 18.9. The smallest absolute Gasteiger partial charge is 0.137 e. The van der Waals surface area contributed by atoms with E-state index < -0.39 is 0 Å². The first-order valence-electron chi connectivity index (χ1n) is 5.40. The number of nitrogens with one attached hydrogen (secondary N) is 1. The molecule has 1 unspecified atom stereocenters. The summed E-state index contributed by atoms with van der Waals surface area (Å²) in [6.45, 7) is 1.18. The van der Waals surface area contributed by atoms with Gasteiger partial charge in [0.25, 0.3) is 0 Å². The Bertz CT molecular complexity index is 345. The molecule has 0 spiro atoms. The maximum Gasteiger partial charge on any atom is 0.137 e. The monoisotopic (exact) mass is 323 g/mol. The van der Waals surface area contributed by atoms with Gasteiger partial charge in [-0.25, -0.2) is 4.39 Å². The van der Waals surface area contributed by atoms with Crippen molar-refractivity contribution < 1.29 is 9.13 Å². The van der Waals surface area contributed by atoms with Gasteiger partial charge in [0.2, 0.25) is 0 Å². The lowest BCUT2D eigenvalue weighted by atomic mass is 10.2. The molecule has 1 atom stereocenters. The minimum atomic E-state index is -0.245. The molecular weight excluding hydrogens is 308 g/mol. The number of ether oxygens (including phenoxy) is 1. The molecule has 0 aliphatic rings. The fourth-order valence-electron chi connectivity index (χ4n) is 1.52. The van der Waals surface area contributed by atoms with E-state index in [1.54, 1.807) is 13.2 Å². The van der Waals surface area contributed by atoms with Gasteiger partial charge in [0, 0.05) is 25.6 Å². The summed E-state index contributed by atoms with van der Waals surface area (Å²) in [6, 6.07) is 5.20. The highest BCUT2D eigenvalue weighted by Gasteiger charge is 2.09. The average Bonchev–Trinajstić information content (AvgIpc) is 2.31. The van der Waals surface area contributed by atoms with E-state index in [-0.39, 0.29) is 11.9 Å². The van der Waals surface area contributed by atoms with E-state index in [9.17, 15) is 4.39 Å². The van der Waals surface area contributed by atoms with E-state index in [0.29, 0.717) is 23.5 Å². The molecule has 1 aromatic carbocycles. The highest BCUT2D eigenvalue weighted by molar-refractivity contribution is 9.10. The highest BCUT2D eigenvalue weighted by Crippen LogP contribution is 2.20. The average molecular weight is 325 g/mol. The molecule has 0 fully saturated rings. The molecule has 17 heavy (non-hydrogen) atoms. The second-order valence-electron chi connectivity index (χ2n) is 3.72. The Morgan fingerprint density at radius 1 is 1.53 bits per heavy atom. The van der Waals surface area contributed by atoms with Gasteiger partial charge in [-0.15, -0.1) is 11.6 Å². The topological polar surface area (TPSA) is 21.3 Å². The molecule has 0 bridgehead atoms. The first-order valence-corrected chi connectivity index (χ1v) is 6.73. The third-order valence-electron chi connectivity index (χ3n) is 2.44. The van der Waals surface area contributed by atoms with Crippen LogP contribution in [0.1, 0.15) is 12.0 Å². The first kappa shape index (κ1) is 14.9. The van der Waals surface area contributed by atoms with Gasteiger partial charge in [-0.3, -0.25) is 0 Å². The quantitative estimate of drug-likeness (QED) is 0.777. The summed E-state index contributed by atoms with van der Waals surface area (Å²) in [5.41, 5.74) is 0.890. The zero-order valence-electron chi connectivity index (χ0n) is 9.68. The van der Waals surface area contributed by atoms with E-state index in [1.807, 2.05) is 6.07 Å². The van der Waals surface area contributed by atoms with Crippen molar-refractivity contribution >= 4 is 27.5 Å². The van der Waals surface area contributed by atoms with Gasteiger partial charge < -0.3 is 10.1 Å². The van der Waals surface area contributed by atoms with Gasteiger partial charge in [0.1, 0.15) is 5.82 Å². The van der Waals surface area contributed by atoms with Crippen LogP contribution < -0.4 is 5.32 Å². The van der Waals surface area contributed by atoms with Gasteiger partial charge in [0.15, 0.2) is 0 Å². The van der Waals surface area contributed by atoms with Gasteiger partial charge >= 0.3 is 0 Å². The number of rotatable bonds is 7. The normalized spacial score (nSPS) is 12.7. The second kappa shape index (κ2) is 8.03. The summed E-state index contributed by atoms with van der Waals surface area (Å²) in [5, 5.41) is 3.30. The standard InChI is InChI=1S/C12H16BrClFNO/c1-17-8-10(5-6-14)16-7-9-3-2-4-11(15)12(9)13/h2-4,10,16H,5-8H2,1H3. The van der Waals surface area contributed by atoms with Crippen LogP contribution in [0.4, 0.5) is 4.39 Å². The van der Waals surface area contributed by atoms with Gasteiger partial charge in [-0.05, 0) is 34.0 Å². The Morgan fingerprint density at radius 2 is 2.29 bits per heavy atom. The number of hydrogen-bond acceptors (Lipinski definition) is 2. The zero-order valence-corrected chi connectivity index (χ0v) is 12.0. The van der Waals surface area contributed by atoms with Crippen LogP contribution in [0.5, 0.6) is 0 Å². The fourth-order valence-corrected chi connectivity index (χ4v) is 2.18. The molecule has 0 aromatic heterocycles. The Balaban J connectivity index is 2.55. The molecule has 1 aromatic rings. The Labute approximate surface area is 115 Å². The van der Waals surface area contributed by atoms with E-state index in [0.717, 1.165) is 12.0 Å². The number of benzene rings is 1. The van der Waals surface area contributed by atoms with Crippen LogP contribution in [-0.2, 0) is 11.3 Å². The molecule has 0 saturated heterocycles. The second-order valence-corrected chi connectivity index (χ2v) is 4.89. The molecule has 96 valence electrons. The maximum atomic E-state index is 13.3. The Hall–Kier alpha value is -0.160. The fraction of sp³-hybridized carbons (Fsp3) is 0.500. The molecule has 0 saturated carbocycles. The molecule has 5 heteroatoms. The number of hydrogen-bond donors (Lipinski definition) is 1. The minimum Gasteiger partial charge on any atom is -0.383 e. The number of halogens is 3. The molecule has 0 aliphatic carbocycles. The largest absolute Gasteiger partial charge is 0.383 e. The lowest BCUT2D eigenvalue weighted by Crippen LogP contribution is -2.33. The van der Waals surface area contributed by atoms with Crippen molar-refractivity contribution in [3.63, 3.8) is 0 Å². The molecule has 2 nitrogen and oxygen atoms in total. The van der Waals surface area contributed by atoms with E-state index in [4.69, 9.17) is 16.3 Å². The summed E-state index contributed by atoms with van der Waals surface area (Å²) >= 11 is 8.94. The lowest BCUT2D eigenvalue weighted by molar-refractivity contribution is 0.164. The van der Waals surface area contributed by atoms with Crippen molar-refractivity contribution in [2.45, 2.75) is 19.0 Å². The predicted molar refractivity (Wildman–Crippen MR) is 71.9 cm³/mol. The van der Waals surface area contributed by atoms with Crippen LogP contribution in [0.2, 0.25) is 0 Å². The van der Waals surface area contributed by atoms with Crippen molar-refractivity contribution in [2.75, 3.05) is 19.6 Å². The van der Waals surface area contributed by atoms with Crippen LogP contribution in [0.15, 0.2) is 22.7 Å². The zero-order chi connectivity index (χ0) is 12.7. The van der Waals surface area contributed by atoms with Crippen LogP contribution in [0.25, 0.3) is 0 Å². The molecule has 0 heterocycles. The SMILES string of the molecule is COCC(CCCl)NCc1cccc(F)c1Br. The van der Waals surface area contributed by atoms with Crippen molar-refractivity contribution in [1.29, 1.82) is 0 Å². The van der Waals surface area contributed by atoms with E-state index >= 15 is 0 Å². The highest BCUT2D eigenvalue weighted by atomic mass is 79.9. The van der Waals surface area contributed by atoms with Crippen molar-refractivity contribution in [1.82, 2.24) is 5.32 Å². The molecule has 0 aliphatic heterocycles. The van der Waals surface area contributed by atoms with Crippen molar-refractivity contribution in [3.8, 4) is 0 Å². The summed E-state index contributed by atoms with van der Waals surface area (Å²) in [7, 11) is 1.65. The Kier molecular flexibility index (Phi) is 7.04. The van der Waals surface area contributed by atoms with Crippen molar-refractivity contribution in [2.24, 2.45) is 0 Å². The molecule has 1 N–H and O–H groups in total. The van der Waals surface area contributed by atoms with Gasteiger partial charge in [-0.1, -0.05) is 12.1 Å². The summed E-state index contributed by atoms with van der Waals surface area (Å²) in [5.74, 6) is 0.329. The van der Waals surface area contributed by atoms with Crippen molar-refractivity contribution in [3.05, 3.63) is 34.1 Å². The van der Waals surface area contributed by atoms with E-state index in [2.05, 4.69) is 21.2 Å². The molecular formula is C12H16BrClFNO. The van der Waals surface area contributed by atoms with Gasteiger partial charge in [-0.2, -0.15) is 0 Å². The Morgan fingerprint density at radius 3 is 2.94 bits per heavy atom. The maximum absolute atomic E-state index is 13.3. The number of methoxy groups -OCH3 is 1. The third-order valence-corrected chi connectivity index (χ3v) is 3.54. The van der Waals surface area contributed by atoms with Crippen LogP contribution in [0, 0.1) is 5.82 Å². The predicted octanol–water partition coefficient (Wildman–Crippen LogP) is 3.32. The summed E-state index contributed by atoms with van der Waals surface area (Å²) in [6.07, 6.45) is 0.822. The minimum absolute atomic E-state index is 0.188. The molecule has 1 rings (SSSR count). The van der Waals surface area contributed by atoms with Crippen LogP contribution in [0.3, 0.4) is 0 Å². The van der Waals surface area contributed by atoms with Gasteiger partial charge in [0.05, 0.1) is 11.1 Å². The third kappa shape index (κ3) is 4.92. The molecule has 0 amide bonds. The lowest BCUT2D eigenvalue weighted by Gasteiger charge is -2.17. The number of alkyl halides is 1. The van der Waals surface area contributed by atoms with E-state index in [1.165, 1.54) is 6.07 Å². The first-order chi connectivity index (χ1) is 8.19. The van der Waals surface area contributed by atoms with Crippen LogP contribution in [-0.4, -0.2) is 25.6 Å².